The maximum atomic E-state index is 12.6. The molecule has 31 heavy (non-hydrogen) atoms. The summed E-state index contributed by atoms with van der Waals surface area (Å²) in [7, 11) is 0. The van der Waals surface area contributed by atoms with Crippen molar-refractivity contribution in [1.82, 2.24) is 14.8 Å². The number of para-hydroxylation sites is 1. The van der Waals surface area contributed by atoms with Crippen LogP contribution in [0.1, 0.15) is 5.56 Å². The van der Waals surface area contributed by atoms with E-state index in [0.717, 1.165) is 21.3 Å². The molecule has 0 unspecified atom stereocenters. The Hall–Kier alpha value is -2.84. The average molecular weight is 453 g/mol. The van der Waals surface area contributed by atoms with Crippen molar-refractivity contribution in [3.63, 3.8) is 0 Å². The number of aryl methyl sites for hydroxylation is 1. The fourth-order valence-corrected chi connectivity index (χ4v) is 5.02. The topological polar surface area (TPSA) is 65.5 Å². The molecule has 0 spiro atoms. The van der Waals surface area contributed by atoms with Gasteiger partial charge in [-0.2, -0.15) is 0 Å². The highest BCUT2D eigenvalue weighted by atomic mass is 32.2. The molecule has 1 fully saturated rings. The molecule has 160 valence electrons. The van der Waals surface area contributed by atoms with Crippen LogP contribution in [0.15, 0.2) is 64.3 Å². The Morgan fingerprint density at radius 1 is 1.00 bits per heavy atom. The van der Waals surface area contributed by atoms with E-state index in [4.69, 9.17) is 0 Å². The first kappa shape index (κ1) is 21.4. The summed E-state index contributed by atoms with van der Waals surface area (Å²) < 4.78 is 0.893. The number of hydrogen-bond donors (Lipinski definition) is 1. The van der Waals surface area contributed by atoms with Gasteiger partial charge in [0.1, 0.15) is 0 Å². The van der Waals surface area contributed by atoms with Crippen molar-refractivity contribution < 1.29 is 9.59 Å². The smallest absolute Gasteiger partial charge is 0.321 e. The number of hydrogen-bond acceptors (Lipinski definition) is 5. The minimum absolute atomic E-state index is 0.0835. The molecular formula is C23H24N4O2S2. The number of piperazine rings is 1. The monoisotopic (exact) mass is 452 g/mol. The second-order valence-electron chi connectivity index (χ2n) is 7.32. The quantitative estimate of drug-likeness (QED) is 0.575. The lowest BCUT2D eigenvalue weighted by Gasteiger charge is -2.34. The minimum atomic E-state index is -0.126. The average Bonchev–Trinajstić information content (AvgIpc) is 3.28. The molecule has 0 saturated carbocycles. The van der Waals surface area contributed by atoms with E-state index in [1.807, 2.05) is 40.6 Å². The van der Waals surface area contributed by atoms with Crippen molar-refractivity contribution in [3.05, 3.63) is 65.5 Å². The molecule has 2 aromatic carbocycles. The predicted molar refractivity (Wildman–Crippen MR) is 127 cm³/mol. The number of aromatic nitrogens is 1. The number of rotatable bonds is 5. The lowest BCUT2D eigenvalue weighted by Crippen LogP contribution is -2.52. The van der Waals surface area contributed by atoms with Crippen molar-refractivity contribution in [2.45, 2.75) is 11.3 Å². The number of amides is 3. The van der Waals surface area contributed by atoms with Gasteiger partial charge in [-0.25, -0.2) is 9.78 Å². The molecule has 1 saturated heterocycles. The van der Waals surface area contributed by atoms with Gasteiger partial charge in [-0.3, -0.25) is 4.79 Å². The number of carbonyl (C=O) groups is 2. The molecule has 3 aromatic rings. The molecule has 6 nitrogen and oxygen atoms in total. The number of carbonyl (C=O) groups excluding carboxylic acids is 2. The third-order valence-electron chi connectivity index (χ3n) is 5.09. The van der Waals surface area contributed by atoms with Gasteiger partial charge in [-0.05, 0) is 19.1 Å². The van der Waals surface area contributed by atoms with Crippen molar-refractivity contribution in [1.29, 1.82) is 0 Å². The third kappa shape index (κ3) is 5.65. The molecule has 8 heteroatoms. The molecule has 4 rings (SSSR count). The zero-order valence-electron chi connectivity index (χ0n) is 17.3. The van der Waals surface area contributed by atoms with E-state index < -0.39 is 0 Å². The van der Waals surface area contributed by atoms with Crippen LogP contribution < -0.4 is 5.32 Å². The second-order valence-corrected chi connectivity index (χ2v) is 9.40. The number of thiazole rings is 1. The lowest BCUT2D eigenvalue weighted by molar-refractivity contribution is -0.129. The highest BCUT2D eigenvalue weighted by Crippen LogP contribution is 2.28. The zero-order valence-corrected chi connectivity index (χ0v) is 18.9. The molecule has 1 aliphatic rings. The van der Waals surface area contributed by atoms with Gasteiger partial charge < -0.3 is 15.1 Å². The summed E-state index contributed by atoms with van der Waals surface area (Å²) >= 11 is 3.04. The van der Waals surface area contributed by atoms with E-state index in [0.29, 0.717) is 31.9 Å². The Balaban J connectivity index is 1.23. The normalized spacial score (nSPS) is 13.8. The number of nitrogens with zero attached hydrogens (tertiary/aromatic N) is 3. The van der Waals surface area contributed by atoms with Gasteiger partial charge in [0.15, 0.2) is 4.34 Å². The highest BCUT2D eigenvalue weighted by molar-refractivity contribution is 8.01. The molecule has 1 aliphatic heterocycles. The Kier molecular flexibility index (Phi) is 6.89. The minimum Gasteiger partial charge on any atom is -0.338 e. The van der Waals surface area contributed by atoms with Gasteiger partial charge in [-0.1, -0.05) is 59.8 Å². The second kappa shape index (κ2) is 9.98. The summed E-state index contributed by atoms with van der Waals surface area (Å²) in [4.78, 5) is 33.2. The van der Waals surface area contributed by atoms with E-state index in [1.165, 1.54) is 17.3 Å². The fourth-order valence-electron chi connectivity index (χ4n) is 3.28. The molecule has 0 aliphatic carbocycles. The molecule has 1 aromatic heterocycles. The Morgan fingerprint density at radius 3 is 2.39 bits per heavy atom. The van der Waals surface area contributed by atoms with Crippen LogP contribution in [0.4, 0.5) is 10.5 Å². The third-order valence-corrected chi connectivity index (χ3v) is 7.10. The Labute approximate surface area is 190 Å². The fraction of sp³-hybridized carbons (Fsp3) is 0.261. The van der Waals surface area contributed by atoms with Crippen LogP contribution in [-0.2, 0) is 4.79 Å². The molecule has 1 N–H and O–H groups in total. The molecule has 2 heterocycles. The first-order chi connectivity index (χ1) is 15.1. The number of urea groups is 1. The van der Waals surface area contributed by atoms with E-state index in [2.05, 4.69) is 41.5 Å². The Morgan fingerprint density at radius 2 is 1.68 bits per heavy atom. The standard InChI is InChI=1S/C23H24N4O2S2/c1-17-7-9-18(10-8-17)20-15-30-23(25-20)31-16-21(28)26-11-13-27(14-12-26)22(29)24-19-5-3-2-4-6-19/h2-10,15H,11-14,16H2,1H3,(H,24,29). The predicted octanol–water partition coefficient (Wildman–Crippen LogP) is 4.59. The summed E-state index contributed by atoms with van der Waals surface area (Å²) in [6.07, 6.45) is 0. The highest BCUT2D eigenvalue weighted by Gasteiger charge is 2.24. The van der Waals surface area contributed by atoms with Gasteiger partial charge in [0, 0.05) is 42.8 Å². The summed E-state index contributed by atoms with van der Waals surface area (Å²) in [5, 5.41) is 4.92. The van der Waals surface area contributed by atoms with E-state index >= 15 is 0 Å². The first-order valence-corrected chi connectivity index (χ1v) is 12.0. The van der Waals surface area contributed by atoms with Crippen molar-refractivity contribution in [2.75, 3.05) is 37.2 Å². The molecule has 0 bridgehead atoms. The van der Waals surface area contributed by atoms with Crippen molar-refractivity contribution >= 4 is 40.7 Å². The van der Waals surface area contributed by atoms with Crippen LogP contribution in [-0.4, -0.2) is 58.7 Å². The summed E-state index contributed by atoms with van der Waals surface area (Å²) in [5.41, 5.74) is 4.02. The van der Waals surface area contributed by atoms with Gasteiger partial charge in [0.05, 0.1) is 11.4 Å². The molecule has 0 atom stereocenters. The van der Waals surface area contributed by atoms with E-state index in [9.17, 15) is 9.59 Å². The van der Waals surface area contributed by atoms with E-state index in [1.54, 1.807) is 16.2 Å². The maximum Gasteiger partial charge on any atom is 0.321 e. The largest absolute Gasteiger partial charge is 0.338 e. The number of thioether (sulfide) groups is 1. The van der Waals surface area contributed by atoms with Crippen molar-refractivity contribution in [2.24, 2.45) is 0 Å². The molecular weight excluding hydrogens is 428 g/mol. The molecule has 0 radical (unpaired) electrons. The SMILES string of the molecule is Cc1ccc(-c2csc(SCC(=O)N3CCN(C(=O)Nc4ccccc4)CC3)n2)cc1. The van der Waals surface area contributed by atoms with Crippen LogP contribution in [0.2, 0.25) is 0 Å². The van der Waals surface area contributed by atoms with Crippen LogP contribution >= 0.6 is 23.1 Å². The summed E-state index contributed by atoms with van der Waals surface area (Å²) in [6.45, 7) is 4.23. The molecule has 3 amide bonds. The van der Waals surface area contributed by atoms with E-state index in [-0.39, 0.29) is 11.9 Å². The van der Waals surface area contributed by atoms with Gasteiger partial charge in [0.2, 0.25) is 5.91 Å². The van der Waals surface area contributed by atoms with Crippen LogP contribution in [0.5, 0.6) is 0 Å². The van der Waals surface area contributed by atoms with Gasteiger partial charge in [0.25, 0.3) is 0 Å². The van der Waals surface area contributed by atoms with Gasteiger partial charge in [-0.15, -0.1) is 11.3 Å². The van der Waals surface area contributed by atoms with Crippen LogP contribution in [0.25, 0.3) is 11.3 Å². The van der Waals surface area contributed by atoms with Crippen LogP contribution in [0, 0.1) is 6.92 Å². The summed E-state index contributed by atoms with van der Waals surface area (Å²) in [5.74, 6) is 0.442. The lowest BCUT2D eigenvalue weighted by atomic mass is 10.1. The van der Waals surface area contributed by atoms with Crippen LogP contribution in [0.3, 0.4) is 0 Å². The number of anilines is 1. The maximum absolute atomic E-state index is 12.6. The Bertz CT molecular complexity index is 1030. The van der Waals surface area contributed by atoms with Crippen molar-refractivity contribution in [3.8, 4) is 11.3 Å². The zero-order chi connectivity index (χ0) is 21.6. The number of nitrogens with one attached hydrogen (secondary N) is 1. The summed E-state index contributed by atoms with van der Waals surface area (Å²) in [6, 6.07) is 17.6. The number of benzene rings is 2. The first-order valence-electron chi connectivity index (χ1n) is 10.1. The van der Waals surface area contributed by atoms with Gasteiger partial charge >= 0.3 is 6.03 Å².